The summed E-state index contributed by atoms with van der Waals surface area (Å²) >= 11 is 0. The Morgan fingerprint density at radius 3 is 2.74 bits per heavy atom. The molecule has 2 aromatic carbocycles. The third-order valence-corrected chi connectivity index (χ3v) is 6.75. The first-order valence-electron chi connectivity index (χ1n) is 12.2. The maximum Gasteiger partial charge on any atom is 0.253 e. The molecule has 2 heterocycles. The van der Waals surface area contributed by atoms with Gasteiger partial charge in [0.15, 0.2) is 11.6 Å². The minimum atomic E-state index is -0.411. The summed E-state index contributed by atoms with van der Waals surface area (Å²) in [5, 5.41) is 10.7. The monoisotopic (exact) mass is 481 g/mol. The van der Waals surface area contributed by atoms with E-state index in [-0.39, 0.29) is 17.6 Å². The van der Waals surface area contributed by atoms with Crippen molar-refractivity contribution in [3.8, 4) is 5.75 Å². The van der Waals surface area contributed by atoms with Gasteiger partial charge < -0.3 is 14.5 Å². The fourth-order valence-corrected chi connectivity index (χ4v) is 4.70. The van der Waals surface area contributed by atoms with Crippen LogP contribution >= 0.6 is 0 Å². The second kappa shape index (κ2) is 11.3. The molecule has 35 heavy (non-hydrogen) atoms. The number of ether oxygens (including phenoxy) is 1. The predicted octanol–water partition coefficient (Wildman–Crippen LogP) is 3.83. The van der Waals surface area contributed by atoms with Crippen molar-refractivity contribution in [1.29, 1.82) is 0 Å². The van der Waals surface area contributed by atoms with Crippen molar-refractivity contribution in [3.05, 3.63) is 53.3 Å². The second-order valence-corrected chi connectivity index (χ2v) is 9.02. The van der Waals surface area contributed by atoms with Gasteiger partial charge in [0.25, 0.3) is 5.91 Å². The number of rotatable bonds is 8. The van der Waals surface area contributed by atoms with Crippen molar-refractivity contribution in [2.75, 3.05) is 33.3 Å². The number of fused-ring (bicyclic) bond motifs is 1. The van der Waals surface area contributed by atoms with Gasteiger partial charge in [-0.25, -0.2) is 4.39 Å². The second-order valence-electron chi connectivity index (χ2n) is 9.02. The van der Waals surface area contributed by atoms with Gasteiger partial charge in [0.2, 0.25) is 5.91 Å². The highest BCUT2D eigenvalue weighted by atomic mass is 19.1. The van der Waals surface area contributed by atoms with Crippen LogP contribution in [0.25, 0.3) is 11.0 Å². The molecule has 1 aromatic heterocycles. The lowest BCUT2D eigenvalue weighted by molar-refractivity contribution is -0.131. The van der Waals surface area contributed by atoms with Crippen LogP contribution in [0.2, 0.25) is 0 Å². The van der Waals surface area contributed by atoms with Crippen LogP contribution in [0, 0.1) is 11.7 Å². The van der Waals surface area contributed by atoms with Gasteiger partial charge in [-0.3, -0.25) is 9.59 Å². The SMILES string of the molecule is CCN(CC1CCCN(C(=O)CCc2ccc(OC)c(F)c2)CC1)C(=O)c1ccc2n[nH]nc2c1. The molecule has 1 aliphatic rings. The zero-order valence-electron chi connectivity index (χ0n) is 20.3. The highest BCUT2D eigenvalue weighted by molar-refractivity contribution is 5.97. The number of halogens is 1. The Morgan fingerprint density at radius 1 is 1.14 bits per heavy atom. The molecule has 1 fully saturated rings. The molecule has 1 aliphatic heterocycles. The molecule has 186 valence electrons. The quantitative estimate of drug-likeness (QED) is 0.528. The number of hydrogen-bond acceptors (Lipinski definition) is 5. The number of H-pyrrole nitrogens is 1. The zero-order chi connectivity index (χ0) is 24.8. The summed E-state index contributed by atoms with van der Waals surface area (Å²) in [6.07, 6.45) is 3.58. The van der Waals surface area contributed by atoms with Crippen molar-refractivity contribution in [2.24, 2.45) is 5.92 Å². The average Bonchev–Trinajstić information content (AvgIpc) is 3.22. The van der Waals surface area contributed by atoms with E-state index in [1.165, 1.54) is 13.2 Å². The minimum absolute atomic E-state index is 0.0127. The van der Waals surface area contributed by atoms with Crippen LogP contribution in [0.15, 0.2) is 36.4 Å². The normalized spacial score (nSPS) is 16.2. The van der Waals surface area contributed by atoms with Crippen LogP contribution in [-0.4, -0.2) is 70.3 Å². The van der Waals surface area contributed by atoms with Crippen LogP contribution in [-0.2, 0) is 11.2 Å². The fraction of sp³-hybridized carbons (Fsp3) is 0.462. The molecule has 0 saturated carbocycles. The van der Waals surface area contributed by atoms with Crippen LogP contribution in [0.1, 0.15) is 48.5 Å². The first-order chi connectivity index (χ1) is 17.0. The molecule has 1 N–H and O–H groups in total. The molecule has 1 saturated heterocycles. The lowest BCUT2D eigenvalue weighted by Gasteiger charge is -2.26. The molecular formula is C26H32FN5O3. The van der Waals surface area contributed by atoms with E-state index >= 15 is 0 Å². The van der Waals surface area contributed by atoms with E-state index in [2.05, 4.69) is 15.4 Å². The Labute approximate surface area is 204 Å². The van der Waals surface area contributed by atoms with Crippen molar-refractivity contribution < 1.29 is 18.7 Å². The van der Waals surface area contributed by atoms with Gasteiger partial charge in [-0.2, -0.15) is 15.4 Å². The molecule has 3 aromatic rings. The first-order valence-corrected chi connectivity index (χ1v) is 12.2. The Bertz CT molecular complexity index is 1180. The van der Waals surface area contributed by atoms with E-state index in [4.69, 9.17) is 4.74 Å². The molecule has 4 rings (SSSR count). The number of hydrogen-bond donors (Lipinski definition) is 1. The molecule has 0 bridgehead atoms. The van der Waals surface area contributed by atoms with E-state index in [1.54, 1.807) is 30.3 Å². The van der Waals surface area contributed by atoms with Gasteiger partial charge in [-0.1, -0.05) is 6.07 Å². The summed E-state index contributed by atoms with van der Waals surface area (Å²) in [6.45, 7) is 4.67. The van der Waals surface area contributed by atoms with Gasteiger partial charge in [0, 0.05) is 38.2 Å². The third kappa shape index (κ3) is 5.96. The van der Waals surface area contributed by atoms with Crippen LogP contribution in [0.5, 0.6) is 5.75 Å². The molecule has 0 aliphatic carbocycles. The molecule has 1 unspecified atom stereocenters. The number of benzene rings is 2. The Kier molecular flexibility index (Phi) is 7.94. The summed E-state index contributed by atoms with van der Waals surface area (Å²) in [5.41, 5.74) is 2.79. The van der Waals surface area contributed by atoms with Crippen molar-refractivity contribution in [3.63, 3.8) is 0 Å². The first kappa shape index (κ1) is 24.6. The standard InChI is InChI=1S/C26H32FN5O3/c1-3-31(26(34)20-8-9-22-23(16-20)29-30-28-22)17-19-5-4-13-32(14-12-19)25(33)11-7-18-6-10-24(35-2)21(27)15-18/h6,8-10,15-16,19H,3-5,7,11-14,17H2,1-2H3,(H,28,29,30). The van der Waals surface area contributed by atoms with E-state index < -0.39 is 5.82 Å². The summed E-state index contributed by atoms with van der Waals surface area (Å²) in [7, 11) is 1.43. The van der Waals surface area contributed by atoms with Crippen molar-refractivity contribution in [1.82, 2.24) is 25.2 Å². The lowest BCUT2D eigenvalue weighted by Crippen LogP contribution is -2.36. The number of aromatic amines is 1. The summed E-state index contributed by atoms with van der Waals surface area (Å²) in [5.74, 6) is 0.207. The topological polar surface area (TPSA) is 91.4 Å². The van der Waals surface area contributed by atoms with Gasteiger partial charge >= 0.3 is 0 Å². The summed E-state index contributed by atoms with van der Waals surface area (Å²) in [4.78, 5) is 29.7. The number of aromatic nitrogens is 3. The number of methoxy groups -OCH3 is 1. The molecule has 0 radical (unpaired) electrons. The summed E-state index contributed by atoms with van der Waals surface area (Å²) < 4.78 is 18.9. The number of nitrogens with zero attached hydrogens (tertiary/aromatic N) is 4. The molecule has 2 amide bonds. The van der Waals surface area contributed by atoms with E-state index in [9.17, 15) is 14.0 Å². The largest absolute Gasteiger partial charge is 0.494 e. The molecule has 0 spiro atoms. The lowest BCUT2D eigenvalue weighted by atomic mass is 9.99. The van der Waals surface area contributed by atoms with E-state index in [0.717, 1.165) is 36.9 Å². The van der Waals surface area contributed by atoms with Crippen LogP contribution in [0.3, 0.4) is 0 Å². The maximum absolute atomic E-state index is 13.9. The van der Waals surface area contributed by atoms with E-state index in [0.29, 0.717) is 49.5 Å². The maximum atomic E-state index is 13.9. The van der Waals surface area contributed by atoms with Gasteiger partial charge in [0.1, 0.15) is 11.0 Å². The third-order valence-electron chi connectivity index (χ3n) is 6.75. The number of amides is 2. The predicted molar refractivity (Wildman–Crippen MR) is 131 cm³/mol. The van der Waals surface area contributed by atoms with Crippen molar-refractivity contribution in [2.45, 2.75) is 39.0 Å². The van der Waals surface area contributed by atoms with Gasteiger partial charge in [0.05, 0.1) is 7.11 Å². The van der Waals surface area contributed by atoms with Crippen LogP contribution < -0.4 is 4.74 Å². The number of carbonyl (C=O) groups is 2. The molecular weight excluding hydrogens is 449 g/mol. The Balaban J connectivity index is 1.29. The molecule has 1 atom stereocenters. The Morgan fingerprint density at radius 2 is 1.97 bits per heavy atom. The van der Waals surface area contributed by atoms with Gasteiger partial charge in [-0.05, 0) is 74.4 Å². The molecule has 8 nitrogen and oxygen atoms in total. The van der Waals surface area contributed by atoms with Crippen molar-refractivity contribution >= 4 is 22.8 Å². The van der Waals surface area contributed by atoms with Crippen LogP contribution in [0.4, 0.5) is 4.39 Å². The molecule has 9 heteroatoms. The van der Waals surface area contributed by atoms with E-state index in [1.807, 2.05) is 16.7 Å². The fourth-order valence-electron chi connectivity index (χ4n) is 4.70. The highest BCUT2D eigenvalue weighted by Crippen LogP contribution is 2.22. The van der Waals surface area contributed by atoms with Gasteiger partial charge in [-0.15, -0.1) is 0 Å². The number of nitrogens with one attached hydrogen (secondary N) is 1. The summed E-state index contributed by atoms with van der Waals surface area (Å²) in [6, 6.07) is 10.2. The number of likely N-dealkylation sites (tertiary alicyclic amines) is 1. The average molecular weight is 482 g/mol. The zero-order valence-corrected chi connectivity index (χ0v) is 20.3. The number of carbonyl (C=O) groups excluding carboxylic acids is 2. The smallest absolute Gasteiger partial charge is 0.253 e. The highest BCUT2D eigenvalue weighted by Gasteiger charge is 2.24. The Hall–Kier alpha value is -3.49. The number of aryl methyl sites for hydroxylation is 1. The minimum Gasteiger partial charge on any atom is -0.494 e.